The Bertz CT molecular complexity index is 656. The number of amides is 1. The van der Waals surface area contributed by atoms with E-state index in [0.717, 1.165) is 37.2 Å². The third kappa shape index (κ3) is 3.24. The van der Waals surface area contributed by atoms with Crippen LogP contribution in [0.2, 0.25) is 0 Å². The number of likely N-dealkylation sites (tertiary alicyclic amines) is 1. The van der Waals surface area contributed by atoms with Gasteiger partial charge in [0.25, 0.3) is 5.91 Å². The van der Waals surface area contributed by atoms with Crippen LogP contribution in [-0.2, 0) is 5.41 Å². The Labute approximate surface area is 137 Å². The van der Waals surface area contributed by atoms with Gasteiger partial charge in [-0.15, -0.1) is 0 Å². The van der Waals surface area contributed by atoms with E-state index in [4.69, 9.17) is 4.74 Å². The van der Waals surface area contributed by atoms with E-state index in [1.54, 1.807) is 7.11 Å². The summed E-state index contributed by atoms with van der Waals surface area (Å²) >= 11 is 0. The number of hydrogen-bond donors (Lipinski definition) is 0. The molecule has 0 spiro atoms. The largest absolute Gasteiger partial charge is 0.497 e. The number of benzene rings is 2. The van der Waals surface area contributed by atoms with Gasteiger partial charge in [-0.05, 0) is 48.1 Å². The van der Waals surface area contributed by atoms with Gasteiger partial charge >= 0.3 is 0 Å². The van der Waals surface area contributed by atoms with Crippen molar-refractivity contribution in [2.75, 3.05) is 20.2 Å². The van der Waals surface area contributed by atoms with E-state index >= 15 is 0 Å². The zero-order valence-electron chi connectivity index (χ0n) is 13.8. The number of ether oxygens (including phenoxy) is 1. The molecule has 0 aromatic heterocycles. The summed E-state index contributed by atoms with van der Waals surface area (Å²) in [6.45, 7) is 3.91. The Morgan fingerprint density at radius 1 is 1.00 bits per heavy atom. The van der Waals surface area contributed by atoms with Gasteiger partial charge in [-0.3, -0.25) is 4.79 Å². The molecular formula is C20H23NO2. The predicted molar refractivity (Wildman–Crippen MR) is 91.9 cm³/mol. The van der Waals surface area contributed by atoms with Crippen LogP contribution >= 0.6 is 0 Å². The lowest BCUT2D eigenvalue weighted by molar-refractivity contribution is 0.0676. The minimum Gasteiger partial charge on any atom is -0.497 e. The summed E-state index contributed by atoms with van der Waals surface area (Å²) in [6.07, 6.45) is 2.00. The van der Waals surface area contributed by atoms with E-state index in [2.05, 4.69) is 37.3 Å². The van der Waals surface area contributed by atoms with Gasteiger partial charge in [0.05, 0.1) is 7.11 Å². The lowest BCUT2D eigenvalue weighted by Gasteiger charge is -2.40. The summed E-state index contributed by atoms with van der Waals surface area (Å²) in [5.74, 6) is 0.889. The van der Waals surface area contributed by atoms with Gasteiger partial charge in [-0.2, -0.15) is 0 Å². The first-order valence-corrected chi connectivity index (χ1v) is 8.11. The van der Waals surface area contributed by atoms with Crippen molar-refractivity contribution in [3.63, 3.8) is 0 Å². The highest BCUT2D eigenvalue weighted by Gasteiger charge is 2.33. The molecule has 0 radical (unpaired) electrons. The van der Waals surface area contributed by atoms with E-state index in [1.807, 2.05) is 29.2 Å². The van der Waals surface area contributed by atoms with Gasteiger partial charge < -0.3 is 9.64 Å². The summed E-state index contributed by atoms with van der Waals surface area (Å²) in [4.78, 5) is 14.6. The standard InChI is InChI=1S/C20H23NO2/c1-20(17-6-4-3-5-7-17)12-14-21(15-13-20)19(22)16-8-10-18(23-2)11-9-16/h3-11H,12-15H2,1-2H3. The van der Waals surface area contributed by atoms with Crippen molar-refractivity contribution in [3.05, 3.63) is 65.7 Å². The highest BCUT2D eigenvalue weighted by molar-refractivity contribution is 5.94. The van der Waals surface area contributed by atoms with Crippen LogP contribution in [-0.4, -0.2) is 31.0 Å². The quantitative estimate of drug-likeness (QED) is 0.861. The van der Waals surface area contributed by atoms with Crippen LogP contribution in [0.4, 0.5) is 0 Å². The summed E-state index contributed by atoms with van der Waals surface area (Å²) in [5, 5.41) is 0. The minimum atomic E-state index is 0.114. The van der Waals surface area contributed by atoms with Crippen LogP contribution in [0.3, 0.4) is 0 Å². The molecule has 3 heteroatoms. The van der Waals surface area contributed by atoms with Gasteiger partial charge in [-0.1, -0.05) is 37.3 Å². The Kier molecular flexibility index (Phi) is 4.37. The topological polar surface area (TPSA) is 29.5 Å². The maximum absolute atomic E-state index is 12.6. The number of carbonyl (C=O) groups excluding carboxylic acids is 1. The fraction of sp³-hybridized carbons (Fsp3) is 0.350. The average molecular weight is 309 g/mol. The molecule has 1 fully saturated rings. The highest BCUT2D eigenvalue weighted by Crippen LogP contribution is 2.35. The van der Waals surface area contributed by atoms with E-state index in [1.165, 1.54) is 5.56 Å². The molecule has 120 valence electrons. The van der Waals surface area contributed by atoms with E-state index in [-0.39, 0.29) is 11.3 Å². The maximum Gasteiger partial charge on any atom is 0.253 e. The van der Waals surface area contributed by atoms with Crippen LogP contribution in [0.5, 0.6) is 5.75 Å². The molecule has 3 nitrogen and oxygen atoms in total. The monoisotopic (exact) mass is 309 g/mol. The van der Waals surface area contributed by atoms with Gasteiger partial charge in [-0.25, -0.2) is 0 Å². The van der Waals surface area contributed by atoms with E-state index < -0.39 is 0 Å². The molecule has 1 aliphatic heterocycles. The lowest BCUT2D eigenvalue weighted by atomic mass is 9.74. The molecule has 3 rings (SSSR count). The molecule has 0 saturated carbocycles. The van der Waals surface area contributed by atoms with E-state index in [0.29, 0.717) is 0 Å². The van der Waals surface area contributed by atoms with Crippen molar-refractivity contribution in [1.29, 1.82) is 0 Å². The maximum atomic E-state index is 12.6. The predicted octanol–water partition coefficient (Wildman–Crippen LogP) is 3.89. The average Bonchev–Trinajstić information content (AvgIpc) is 2.63. The molecule has 2 aromatic rings. The molecule has 1 saturated heterocycles. The Morgan fingerprint density at radius 2 is 1.61 bits per heavy atom. The van der Waals surface area contributed by atoms with Crippen molar-refractivity contribution >= 4 is 5.91 Å². The second-order valence-corrected chi connectivity index (χ2v) is 6.45. The molecule has 0 aliphatic carbocycles. The van der Waals surface area contributed by atoms with Crippen molar-refractivity contribution in [2.24, 2.45) is 0 Å². The Morgan fingerprint density at radius 3 is 2.17 bits per heavy atom. The smallest absolute Gasteiger partial charge is 0.253 e. The molecule has 1 amide bonds. The molecule has 23 heavy (non-hydrogen) atoms. The Balaban J connectivity index is 1.67. The van der Waals surface area contributed by atoms with Crippen molar-refractivity contribution < 1.29 is 9.53 Å². The van der Waals surface area contributed by atoms with Crippen molar-refractivity contribution in [2.45, 2.75) is 25.2 Å². The van der Waals surface area contributed by atoms with Crippen molar-refractivity contribution in [1.82, 2.24) is 4.90 Å². The van der Waals surface area contributed by atoms with Crippen LogP contribution in [0.25, 0.3) is 0 Å². The number of carbonyl (C=O) groups is 1. The third-order valence-corrected chi connectivity index (χ3v) is 4.96. The molecule has 0 unspecified atom stereocenters. The van der Waals surface area contributed by atoms with Gasteiger partial charge in [0.1, 0.15) is 5.75 Å². The molecule has 1 aliphatic rings. The molecule has 0 atom stereocenters. The van der Waals surface area contributed by atoms with Gasteiger partial charge in [0, 0.05) is 18.7 Å². The fourth-order valence-electron chi connectivity index (χ4n) is 3.25. The van der Waals surface area contributed by atoms with Crippen molar-refractivity contribution in [3.8, 4) is 5.75 Å². The first-order chi connectivity index (χ1) is 11.1. The second kappa shape index (κ2) is 6.45. The first kappa shape index (κ1) is 15.6. The first-order valence-electron chi connectivity index (χ1n) is 8.11. The van der Waals surface area contributed by atoms with Crippen LogP contribution in [0, 0.1) is 0 Å². The zero-order chi connectivity index (χ0) is 16.3. The minimum absolute atomic E-state index is 0.114. The molecule has 0 N–H and O–H groups in total. The summed E-state index contributed by atoms with van der Waals surface area (Å²) < 4.78 is 5.15. The van der Waals surface area contributed by atoms with Gasteiger partial charge in [0.15, 0.2) is 0 Å². The summed E-state index contributed by atoms with van der Waals surface area (Å²) in [7, 11) is 1.63. The number of rotatable bonds is 3. The number of hydrogen-bond acceptors (Lipinski definition) is 2. The molecule has 1 heterocycles. The van der Waals surface area contributed by atoms with Crippen LogP contribution < -0.4 is 4.74 Å². The number of methoxy groups -OCH3 is 1. The fourth-order valence-corrected chi connectivity index (χ4v) is 3.25. The zero-order valence-corrected chi connectivity index (χ0v) is 13.8. The van der Waals surface area contributed by atoms with Crippen LogP contribution in [0.15, 0.2) is 54.6 Å². The summed E-state index contributed by atoms with van der Waals surface area (Å²) in [5.41, 5.74) is 2.27. The normalized spacial score (nSPS) is 16.9. The number of nitrogens with zero attached hydrogens (tertiary/aromatic N) is 1. The lowest BCUT2D eigenvalue weighted by Crippen LogP contribution is -2.43. The SMILES string of the molecule is COc1ccc(C(=O)N2CCC(C)(c3ccccc3)CC2)cc1. The summed E-state index contributed by atoms with van der Waals surface area (Å²) in [6, 6.07) is 18.0. The molecule has 2 aromatic carbocycles. The second-order valence-electron chi connectivity index (χ2n) is 6.45. The number of piperidine rings is 1. The van der Waals surface area contributed by atoms with Gasteiger partial charge in [0.2, 0.25) is 0 Å². The van der Waals surface area contributed by atoms with Crippen LogP contribution in [0.1, 0.15) is 35.7 Å². The van der Waals surface area contributed by atoms with E-state index in [9.17, 15) is 4.79 Å². The Hall–Kier alpha value is -2.29. The highest BCUT2D eigenvalue weighted by atomic mass is 16.5. The third-order valence-electron chi connectivity index (χ3n) is 4.96. The molecule has 0 bridgehead atoms. The molecular weight excluding hydrogens is 286 g/mol.